The first-order valence-corrected chi connectivity index (χ1v) is 5.29. The van der Waals surface area contributed by atoms with Gasteiger partial charge in [-0.1, -0.05) is 6.07 Å². The lowest BCUT2D eigenvalue weighted by atomic mass is 10.3. The van der Waals surface area contributed by atoms with Crippen molar-refractivity contribution in [2.24, 2.45) is 0 Å². The van der Waals surface area contributed by atoms with Crippen LogP contribution in [0.4, 0.5) is 0 Å². The molecule has 0 amide bonds. The van der Waals surface area contributed by atoms with Crippen molar-refractivity contribution in [3.05, 3.63) is 33.2 Å². The lowest BCUT2D eigenvalue weighted by Crippen LogP contribution is -2.18. The third kappa shape index (κ3) is 1.30. The van der Waals surface area contributed by atoms with E-state index in [0.717, 1.165) is 15.5 Å². The normalized spacial score (nSPS) is 11.4. The minimum atomic E-state index is -0.0538. The van der Waals surface area contributed by atoms with Gasteiger partial charge >= 0.3 is 5.69 Å². The molecule has 0 atom stereocenters. The number of fused-ring (bicyclic) bond motifs is 1. The number of nitrogens with zero attached hydrogens (tertiary/aromatic N) is 1. The Morgan fingerprint density at radius 1 is 1.43 bits per heavy atom. The number of H-pyrrole nitrogens is 1. The number of aromatic nitrogens is 2. The second-order valence-electron chi connectivity index (χ2n) is 3.53. The van der Waals surface area contributed by atoms with Gasteiger partial charge in [0.05, 0.1) is 11.0 Å². The van der Waals surface area contributed by atoms with Crippen molar-refractivity contribution in [3.8, 4) is 0 Å². The van der Waals surface area contributed by atoms with Gasteiger partial charge in [0.2, 0.25) is 0 Å². The minimum absolute atomic E-state index is 0.0538. The van der Waals surface area contributed by atoms with Gasteiger partial charge in [-0.05, 0) is 41.9 Å². The zero-order valence-electron chi connectivity index (χ0n) is 8.04. The Hall–Kier alpha value is -1.03. The molecule has 0 fully saturated rings. The van der Waals surface area contributed by atoms with Gasteiger partial charge in [0, 0.05) is 10.5 Å². The van der Waals surface area contributed by atoms with Gasteiger partial charge in [0.1, 0.15) is 0 Å². The zero-order valence-corrected chi connectivity index (χ0v) is 9.63. The van der Waals surface area contributed by atoms with Crippen LogP contribution < -0.4 is 5.69 Å². The number of benzene rings is 1. The zero-order chi connectivity index (χ0) is 10.3. The van der Waals surface area contributed by atoms with E-state index in [0.29, 0.717) is 0 Å². The van der Waals surface area contributed by atoms with Crippen LogP contribution in [0.1, 0.15) is 19.9 Å². The topological polar surface area (TPSA) is 37.8 Å². The smallest absolute Gasteiger partial charge is 0.305 e. The third-order valence-corrected chi connectivity index (χ3v) is 2.88. The number of halogens is 1. The molecule has 4 heteroatoms. The Labute approximate surface area is 89.9 Å². The van der Waals surface area contributed by atoms with E-state index >= 15 is 0 Å². The molecule has 0 aliphatic rings. The standard InChI is InChI=1S/C10H11BrN2O/c1-6(2)13-8-5-3-4-7(11)9(8)12-10(13)14/h3-6H,1-2H3,(H,12,14). The molecule has 0 saturated carbocycles. The van der Waals surface area contributed by atoms with Gasteiger partial charge in [-0.25, -0.2) is 4.79 Å². The summed E-state index contributed by atoms with van der Waals surface area (Å²) in [6, 6.07) is 5.96. The predicted molar refractivity (Wildman–Crippen MR) is 60.6 cm³/mol. The number of rotatable bonds is 1. The SMILES string of the molecule is CC(C)n1c(=O)[nH]c2c(Br)cccc21. The fourth-order valence-electron chi connectivity index (χ4n) is 1.63. The molecule has 0 spiro atoms. The average Bonchev–Trinajstić information content (AvgIpc) is 2.42. The summed E-state index contributed by atoms with van der Waals surface area (Å²) in [5, 5.41) is 0. The van der Waals surface area contributed by atoms with Crippen LogP contribution in [0.25, 0.3) is 11.0 Å². The van der Waals surface area contributed by atoms with Crippen LogP contribution in [0.15, 0.2) is 27.5 Å². The monoisotopic (exact) mass is 254 g/mol. The van der Waals surface area contributed by atoms with Gasteiger partial charge in [0.25, 0.3) is 0 Å². The number of nitrogens with one attached hydrogen (secondary N) is 1. The number of hydrogen-bond donors (Lipinski definition) is 1. The summed E-state index contributed by atoms with van der Waals surface area (Å²) in [7, 11) is 0. The Morgan fingerprint density at radius 3 is 2.79 bits per heavy atom. The Kier molecular flexibility index (Phi) is 2.23. The predicted octanol–water partition coefficient (Wildman–Crippen LogP) is 2.67. The van der Waals surface area contributed by atoms with Crippen molar-refractivity contribution >= 4 is 27.0 Å². The maximum absolute atomic E-state index is 11.6. The summed E-state index contributed by atoms with van der Waals surface area (Å²) in [6.45, 7) is 3.99. The molecule has 0 bridgehead atoms. The van der Waals surface area contributed by atoms with E-state index in [-0.39, 0.29) is 11.7 Å². The van der Waals surface area contributed by atoms with Crippen LogP contribution in [0.2, 0.25) is 0 Å². The molecular formula is C10H11BrN2O. The largest absolute Gasteiger partial charge is 0.326 e. The van der Waals surface area contributed by atoms with E-state index in [9.17, 15) is 4.79 Å². The van der Waals surface area contributed by atoms with Crippen molar-refractivity contribution in [1.82, 2.24) is 9.55 Å². The summed E-state index contributed by atoms with van der Waals surface area (Å²) in [5.74, 6) is 0. The maximum Gasteiger partial charge on any atom is 0.326 e. The second kappa shape index (κ2) is 3.28. The Morgan fingerprint density at radius 2 is 2.14 bits per heavy atom. The summed E-state index contributed by atoms with van der Waals surface area (Å²) < 4.78 is 2.67. The van der Waals surface area contributed by atoms with E-state index in [1.807, 2.05) is 32.0 Å². The summed E-state index contributed by atoms with van der Waals surface area (Å²) in [4.78, 5) is 14.5. The molecule has 0 aliphatic carbocycles. The summed E-state index contributed by atoms with van der Waals surface area (Å²) >= 11 is 3.41. The Bertz CT molecular complexity index is 524. The highest BCUT2D eigenvalue weighted by Crippen LogP contribution is 2.22. The molecule has 0 unspecified atom stereocenters. The number of para-hydroxylation sites is 1. The van der Waals surface area contributed by atoms with E-state index in [4.69, 9.17) is 0 Å². The molecule has 74 valence electrons. The van der Waals surface area contributed by atoms with Gasteiger partial charge < -0.3 is 4.98 Å². The van der Waals surface area contributed by atoms with Crippen LogP contribution in [-0.4, -0.2) is 9.55 Å². The molecule has 1 aromatic carbocycles. The van der Waals surface area contributed by atoms with Crippen LogP contribution in [0.3, 0.4) is 0 Å². The van der Waals surface area contributed by atoms with Crippen molar-refractivity contribution < 1.29 is 0 Å². The average molecular weight is 255 g/mol. The van der Waals surface area contributed by atoms with Crippen LogP contribution in [0, 0.1) is 0 Å². The van der Waals surface area contributed by atoms with E-state index < -0.39 is 0 Å². The number of hydrogen-bond acceptors (Lipinski definition) is 1. The van der Waals surface area contributed by atoms with Crippen molar-refractivity contribution in [3.63, 3.8) is 0 Å². The van der Waals surface area contributed by atoms with Crippen molar-refractivity contribution in [2.75, 3.05) is 0 Å². The fraction of sp³-hybridized carbons (Fsp3) is 0.300. The van der Waals surface area contributed by atoms with E-state index in [1.165, 1.54) is 0 Å². The molecule has 0 saturated heterocycles. The summed E-state index contributed by atoms with van der Waals surface area (Å²) in [5.41, 5.74) is 1.76. The Balaban J connectivity index is 2.91. The lowest BCUT2D eigenvalue weighted by molar-refractivity contribution is 0.598. The molecule has 1 aromatic heterocycles. The molecule has 3 nitrogen and oxygen atoms in total. The highest BCUT2D eigenvalue weighted by Gasteiger charge is 2.10. The fourth-order valence-corrected chi connectivity index (χ4v) is 2.08. The number of imidazole rings is 1. The van der Waals surface area contributed by atoms with Crippen LogP contribution in [-0.2, 0) is 0 Å². The highest BCUT2D eigenvalue weighted by atomic mass is 79.9. The molecule has 14 heavy (non-hydrogen) atoms. The molecule has 2 aromatic rings. The van der Waals surface area contributed by atoms with E-state index in [1.54, 1.807) is 4.57 Å². The molecule has 0 aliphatic heterocycles. The molecule has 1 N–H and O–H groups in total. The summed E-state index contributed by atoms with van der Waals surface area (Å²) in [6.07, 6.45) is 0. The quantitative estimate of drug-likeness (QED) is 0.835. The molecule has 1 heterocycles. The molecule has 0 radical (unpaired) electrons. The van der Waals surface area contributed by atoms with Gasteiger partial charge in [-0.2, -0.15) is 0 Å². The first kappa shape index (κ1) is 9.52. The lowest BCUT2D eigenvalue weighted by Gasteiger charge is -2.06. The van der Waals surface area contributed by atoms with Gasteiger partial charge in [0.15, 0.2) is 0 Å². The van der Waals surface area contributed by atoms with Crippen LogP contribution in [0.5, 0.6) is 0 Å². The highest BCUT2D eigenvalue weighted by molar-refractivity contribution is 9.10. The molecule has 2 rings (SSSR count). The first-order valence-electron chi connectivity index (χ1n) is 4.50. The van der Waals surface area contributed by atoms with Gasteiger partial charge in [-0.3, -0.25) is 4.57 Å². The van der Waals surface area contributed by atoms with Crippen LogP contribution >= 0.6 is 15.9 Å². The van der Waals surface area contributed by atoms with Crippen molar-refractivity contribution in [2.45, 2.75) is 19.9 Å². The van der Waals surface area contributed by atoms with E-state index in [2.05, 4.69) is 20.9 Å². The second-order valence-corrected chi connectivity index (χ2v) is 4.38. The van der Waals surface area contributed by atoms with Crippen molar-refractivity contribution in [1.29, 1.82) is 0 Å². The van der Waals surface area contributed by atoms with Gasteiger partial charge in [-0.15, -0.1) is 0 Å². The maximum atomic E-state index is 11.6. The first-order chi connectivity index (χ1) is 6.61. The third-order valence-electron chi connectivity index (χ3n) is 2.22. The number of aromatic amines is 1. The molecular weight excluding hydrogens is 244 g/mol. The minimum Gasteiger partial charge on any atom is -0.305 e.